The van der Waals surface area contributed by atoms with Gasteiger partial charge in [-0.15, -0.1) is 0 Å². The number of amides is 1. The summed E-state index contributed by atoms with van der Waals surface area (Å²) in [7, 11) is 0. The van der Waals surface area contributed by atoms with E-state index in [-0.39, 0.29) is 34.9 Å². The van der Waals surface area contributed by atoms with Crippen molar-refractivity contribution in [1.29, 1.82) is 0 Å². The number of halogens is 1. The summed E-state index contributed by atoms with van der Waals surface area (Å²) in [6.07, 6.45) is 0.374. The van der Waals surface area contributed by atoms with Crippen LogP contribution >= 0.6 is 0 Å². The van der Waals surface area contributed by atoms with Gasteiger partial charge in [0, 0.05) is 11.3 Å². The Morgan fingerprint density at radius 3 is 2.92 bits per heavy atom. The van der Waals surface area contributed by atoms with Crippen LogP contribution in [0.3, 0.4) is 0 Å². The van der Waals surface area contributed by atoms with Crippen LogP contribution < -0.4 is 10.9 Å². The molecule has 0 spiro atoms. The summed E-state index contributed by atoms with van der Waals surface area (Å²) in [4.78, 5) is 35.0. The Bertz CT molecular complexity index is 938. The van der Waals surface area contributed by atoms with E-state index in [0.717, 1.165) is 6.42 Å². The Labute approximate surface area is 148 Å². The Kier molecular flexibility index (Phi) is 3.69. The van der Waals surface area contributed by atoms with E-state index in [1.54, 1.807) is 18.4 Å². The largest absolute Gasteiger partial charge is 0.389 e. The maximum Gasteiger partial charge on any atom is 0.280 e. The zero-order valence-corrected chi connectivity index (χ0v) is 14.9. The lowest BCUT2D eigenvalue weighted by Gasteiger charge is -2.21. The summed E-state index contributed by atoms with van der Waals surface area (Å²) < 4.78 is 16.4. The minimum atomic E-state index is -1.44. The summed E-state index contributed by atoms with van der Waals surface area (Å²) >= 11 is 0. The van der Waals surface area contributed by atoms with E-state index >= 15 is 0 Å². The lowest BCUT2D eigenvalue weighted by atomic mass is 9.97. The predicted octanol–water partition coefficient (Wildman–Crippen LogP) is 1.38. The average molecular weight is 363 g/mol. The van der Waals surface area contributed by atoms with Gasteiger partial charge in [-0.3, -0.25) is 19.9 Å². The van der Waals surface area contributed by atoms with Crippen LogP contribution in [0.25, 0.3) is 11.2 Å². The molecule has 2 aliphatic carbocycles. The van der Waals surface area contributed by atoms with E-state index in [4.69, 9.17) is 0 Å². The van der Waals surface area contributed by atoms with Crippen molar-refractivity contribution in [3.05, 3.63) is 16.7 Å². The predicted molar refractivity (Wildman–Crippen MR) is 92.4 cm³/mol. The van der Waals surface area contributed by atoms with Gasteiger partial charge in [-0.1, -0.05) is 20.8 Å². The van der Waals surface area contributed by atoms with Crippen LogP contribution in [0.15, 0.2) is 11.1 Å². The number of anilines is 1. The fraction of sp³-hybridized carbons (Fsp3) is 0.647. The van der Waals surface area contributed by atoms with E-state index in [1.165, 1.54) is 6.33 Å². The average Bonchev–Trinajstić information content (AvgIpc) is 3.11. The van der Waals surface area contributed by atoms with E-state index < -0.39 is 29.3 Å². The number of rotatable bonds is 4. The van der Waals surface area contributed by atoms with Crippen LogP contribution in [0.4, 0.5) is 10.3 Å². The second-order valence-electron chi connectivity index (χ2n) is 7.66. The number of carbonyl (C=O) groups is 1. The first-order valence-corrected chi connectivity index (χ1v) is 8.90. The Hall–Kier alpha value is -2.29. The van der Waals surface area contributed by atoms with Gasteiger partial charge in [-0.2, -0.15) is 4.98 Å². The number of nitrogens with one attached hydrogen (secondary N) is 2. The Morgan fingerprint density at radius 1 is 1.58 bits per heavy atom. The maximum atomic E-state index is 14.8. The molecule has 0 aromatic carbocycles. The molecule has 0 radical (unpaired) electrons. The van der Waals surface area contributed by atoms with Gasteiger partial charge in [0.05, 0.1) is 18.5 Å². The molecule has 2 aromatic rings. The number of nitrogens with zero attached hydrogens (tertiary/aromatic N) is 3. The molecule has 2 aromatic heterocycles. The molecule has 3 N–H and O–H groups in total. The number of fused-ring (bicyclic) bond motifs is 2. The van der Waals surface area contributed by atoms with Crippen molar-refractivity contribution in [3.8, 4) is 0 Å². The first kappa shape index (κ1) is 17.1. The van der Waals surface area contributed by atoms with Crippen molar-refractivity contribution >= 4 is 23.0 Å². The van der Waals surface area contributed by atoms with E-state index in [2.05, 4.69) is 20.3 Å². The zero-order valence-electron chi connectivity index (χ0n) is 14.9. The number of hydrogen-bond acceptors (Lipinski definition) is 5. The van der Waals surface area contributed by atoms with Crippen molar-refractivity contribution in [2.24, 2.45) is 17.3 Å². The normalized spacial score (nSPS) is 32.8. The topological polar surface area (TPSA) is 113 Å². The molecule has 2 fully saturated rings. The second-order valence-corrected chi connectivity index (χ2v) is 7.66. The summed E-state index contributed by atoms with van der Waals surface area (Å²) in [5.74, 6) is -0.567. The van der Waals surface area contributed by atoms with Crippen LogP contribution in [-0.2, 0) is 4.79 Å². The first-order chi connectivity index (χ1) is 12.3. The van der Waals surface area contributed by atoms with Crippen LogP contribution in [0.1, 0.15) is 39.7 Å². The molecule has 2 aliphatic rings. The monoisotopic (exact) mass is 363 g/mol. The fourth-order valence-electron chi connectivity index (χ4n) is 4.30. The molecule has 4 rings (SSSR count). The summed E-state index contributed by atoms with van der Waals surface area (Å²) in [6.45, 7) is 5.40. The van der Waals surface area contributed by atoms with Crippen molar-refractivity contribution in [1.82, 2.24) is 19.5 Å². The smallest absolute Gasteiger partial charge is 0.280 e. The highest BCUT2D eigenvalue weighted by Crippen LogP contribution is 2.70. The van der Waals surface area contributed by atoms with Gasteiger partial charge in [0.1, 0.15) is 6.17 Å². The molecule has 0 saturated heterocycles. The summed E-state index contributed by atoms with van der Waals surface area (Å²) in [6, 6.07) is -0.613. The van der Waals surface area contributed by atoms with Crippen LogP contribution in [-0.4, -0.2) is 42.8 Å². The molecular formula is C17H22FN5O3. The second kappa shape index (κ2) is 5.60. The van der Waals surface area contributed by atoms with E-state index in [1.807, 2.05) is 6.92 Å². The third kappa shape index (κ3) is 2.22. The third-order valence-electron chi connectivity index (χ3n) is 5.99. The number of aromatic amines is 1. The number of imidazole rings is 1. The molecule has 0 unspecified atom stereocenters. The highest BCUT2D eigenvalue weighted by molar-refractivity contribution is 5.91. The molecule has 1 amide bonds. The van der Waals surface area contributed by atoms with Crippen molar-refractivity contribution in [3.63, 3.8) is 0 Å². The van der Waals surface area contributed by atoms with Gasteiger partial charge in [-0.05, 0) is 18.8 Å². The molecule has 8 nitrogen and oxygen atoms in total. The lowest BCUT2D eigenvalue weighted by molar-refractivity contribution is -0.118. The minimum absolute atomic E-state index is 0.00875. The number of alkyl halides is 1. The molecule has 0 bridgehead atoms. The number of aliphatic hydroxyl groups is 1. The number of hydrogen-bond donors (Lipinski definition) is 3. The molecule has 2 saturated carbocycles. The highest BCUT2D eigenvalue weighted by Gasteiger charge is 2.71. The molecular weight excluding hydrogens is 341 g/mol. The summed E-state index contributed by atoms with van der Waals surface area (Å²) in [5.41, 5.74) is -0.592. The Morgan fingerprint density at radius 2 is 2.31 bits per heavy atom. The molecule has 0 aliphatic heterocycles. The van der Waals surface area contributed by atoms with Crippen LogP contribution in [0, 0.1) is 17.3 Å². The quantitative estimate of drug-likeness (QED) is 0.760. The van der Waals surface area contributed by atoms with Gasteiger partial charge in [-0.25, -0.2) is 9.37 Å². The number of H-pyrrole nitrogens is 1. The van der Waals surface area contributed by atoms with Crippen molar-refractivity contribution in [2.75, 3.05) is 5.32 Å². The minimum Gasteiger partial charge on any atom is -0.389 e. The SMILES string of the molecule is CC[C@@]12C[C@@H]1[C@@H](n1cnc3c(=O)[nH]c(NC(=O)C(C)C)nc31)[C@H](F)[C@@H]2O. The van der Waals surface area contributed by atoms with Crippen molar-refractivity contribution in [2.45, 2.75) is 51.9 Å². The van der Waals surface area contributed by atoms with Crippen molar-refractivity contribution < 1.29 is 14.3 Å². The third-order valence-corrected chi connectivity index (χ3v) is 5.99. The molecule has 5 atom stereocenters. The maximum absolute atomic E-state index is 14.8. The lowest BCUT2D eigenvalue weighted by Crippen LogP contribution is -2.31. The van der Waals surface area contributed by atoms with Gasteiger partial charge in [0.2, 0.25) is 11.9 Å². The molecule has 26 heavy (non-hydrogen) atoms. The van der Waals surface area contributed by atoms with Gasteiger partial charge < -0.3 is 9.67 Å². The standard InChI is InChI=1S/C17H22FN5O3/c1-4-17-5-8(17)11(9(18)12(17)24)23-6-19-10-13(23)20-16(22-15(10)26)21-14(25)7(2)3/h6-9,11-12,24H,4-5H2,1-3H3,(H2,20,21,22,25,26)/t8-,9+,11-,12+,17-/m1/s1. The van der Waals surface area contributed by atoms with Crippen LogP contribution in [0.2, 0.25) is 0 Å². The highest BCUT2D eigenvalue weighted by atomic mass is 19.1. The molecule has 140 valence electrons. The first-order valence-electron chi connectivity index (χ1n) is 8.90. The molecule has 9 heteroatoms. The zero-order chi connectivity index (χ0) is 18.8. The fourth-order valence-corrected chi connectivity index (χ4v) is 4.30. The van der Waals surface area contributed by atoms with E-state index in [0.29, 0.717) is 6.42 Å². The molecule has 2 heterocycles. The number of carbonyl (C=O) groups excluding carboxylic acids is 1. The van der Waals surface area contributed by atoms with Gasteiger partial charge in [0.25, 0.3) is 5.56 Å². The number of aromatic nitrogens is 4. The van der Waals surface area contributed by atoms with Gasteiger partial charge >= 0.3 is 0 Å². The van der Waals surface area contributed by atoms with Crippen LogP contribution in [0.5, 0.6) is 0 Å². The summed E-state index contributed by atoms with van der Waals surface area (Å²) in [5, 5.41) is 12.9. The Balaban J connectivity index is 1.76. The van der Waals surface area contributed by atoms with Gasteiger partial charge in [0.15, 0.2) is 11.2 Å². The number of aliphatic hydroxyl groups excluding tert-OH is 1. The van der Waals surface area contributed by atoms with E-state index in [9.17, 15) is 19.1 Å².